The Morgan fingerprint density at radius 2 is 1.69 bits per heavy atom. The van der Waals surface area contributed by atoms with Gasteiger partial charge < -0.3 is 36.0 Å². The van der Waals surface area contributed by atoms with Gasteiger partial charge in [0.05, 0.1) is 13.1 Å². The van der Waals surface area contributed by atoms with Crippen LogP contribution in [0, 0.1) is 5.92 Å². The molecule has 1 amide bonds. The molecule has 4 aliphatic rings. The normalized spacial score (nSPS) is 23.9. The van der Waals surface area contributed by atoms with E-state index in [-0.39, 0.29) is 35.0 Å². The molecular formula is C28H30BrN3O4. The lowest BCUT2D eigenvalue weighted by Crippen LogP contribution is -3.00. The predicted molar refractivity (Wildman–Crippen MR) is 131 cm³/mol. The Labute approximate surface area is 221 Å². The van der Waals surface area contributed by atoms with E-state index in [1.807, 2.05) is 43.3 Å². The van der Waals surface area contributed by atoms with Crippen LogP contribution in [-0.2, 0) is 20.7 Å². The largest absolute Gasteiger partial charge is 1.00 e. The van der Waals surface area contributed by atoms with Gasteiger partial charge in [-0.05, 0) is 22.3 Å². The van der Waals surface area contributed by atoms with Crippen LogP contribution in [0.4, 0.5) is 5.82 Å². The molecule has 0 radical (unpaired) electrons. The van der Waals surface area contributed by atoms with Gasteiger partial charge in [0.25, 0.3) is 5.91 Å². The standard InChI is InChI=1S/C28H29N3O4.BrH/c1-2-19-15-25(30-35-19)29-26(32)17-31-13-11-18(12-14-31)24(16-31)34-28(33)27-22-9-5-3-7-20(22)21-8-4-6-10-23(21)27;/h3-10,15,18,24,27H,2,11-14,16-17H2,1H3;1H. The predicted octanol–water partition coefficient (Wildman–Crippen LogP) is 1.14. The number of ether oxygens (including phenoxy) is 1. The second kappa shape index (κ2) is 9.82. The number of halogens is 1. The first-order valence-electron chi connectivity index (χ1n) is 12.5. The Morgan fingerprint density at radius 3 is 2.31 bits per heavy atom. The zero-order valence-corrected chi connectivity index (χ0v) is 21.9. The van der Waals surface area contributed by atoms with Gasteiger partial charge in [-0.3, -0.25) is 9.59 Å². The van der Waals surface area contributed by atoms with E-state index in [2.05, 4.69) is 22.6 Å². The van der Waals surface area contributed by atoms with E-state index in [0.717, 1.165) is 60.4 Å². The van der Waals surface area contributed by atoms with E-state index < -0.39 is 5.92 Å². The average molecular weight is 552 g/mol. The van der Waals surface area contributed by atoms with Crippen molar-refractivity contribution in [1.82, 2.24) is 5.16 Å². The summed E-state index contributed by atoms with van der Waals surface area (Å²) in [6.07, 6.45) is 2.49. The molecule has 1 atom stereocenters. The lowest BCUT2D eigenvalue weighted by Gasteiger charge is -2.51. The first-order valence-corrected chi connectivity index (χ1v) is 12.5. The molecule has 1 unspecified atom stereocenters. The fourth-order valence-corrected chi connectivity index (χ4v) is 6.23. The highest BCUT2D eigenvalue weighted by Gasteiger charge is 2.49. The molecule has 3 aromatic rings. The number of fused-ring (bicyclic) bond motifs is 6. The van der Waals surface area contributed by atoms with E-state index in [9.17, 15) is 9.59 Å². The number of anilines is 1. The van der Waals surface area contributed by atoms with Gasteiger partial charge in [-0.25, -0.2) is 0 Å². The average Bonchev–Trinajstić information content (AvgIpc) is 3.46. The van der Waals surface area contributed by atoms with Crippen molar-refractivity contribution in [3.8, 4) is 11.1 Å². The van der Waals surface area contributed by atoms with Crippen molar-refractivity contribution in [2.45, 2.75) is 38.2 Å². The Balaban J connectivity index is 0.00000267. The van der Waals surface area contributed by atoms with Gasteiger partial charge in [-0.1, -0.05) is 60.6 Å². The molecule has 2 aromatic carbocycles. The Hall–Kier alpha value is -2.97. The molecular weight excluding hydrogens is 522 g/mol. The number of hydrogen-bond acceptors (Lipinski definition) is 5. The summed E-state index contributed by atoms with van der Waals surface area (Å²) < 4.78 is 12.1. The Kier molecular flexibility index (Phi) is 6.74. The number of nitrogens with one attached hydrogen (secondary N) is 1. The van der Waals surface area contributed by atoms with Gasteiger partial charge >= 0.3 is 5.97 Å². The molecule has 8 heteroatoms. The van der Waals surface area contributed by atoms with Crippen LogP contribution < -0.4 is 22.3 Å². The quantitative estimate of drug-likeness (QED) is 0.367. The number of carbonyl (C=O) groups excluding carboxylic acids is 2. The highest BCUT2D eigenvalue weighted by molar-refractivity contribution is 5.93. The molecule has 3 aliphatic heterocycles. The highest BCUT2D eigenvalue weighted by Crippen LogP contribution is 2.46. The number of quaternary nitrogens is 1. The maximum absolute atomic E-state index is 13.6. The van der Waals surface area contributed by atoms with Crippen LogP contribution in [0.2, 0.25) is 0 Å². The maximum Gasteiger partial charge on any atom is 0.318 e. The topological polar surface area (TPSA) is 81.4 Å². The summed E-state index contributed by atoms with van der Waals surface area (Å²) in [5.74, 6) is 0.904. The number of rotatable bonds is 6. The molecule has 7 rings (SSSR count). The van der Waals surface area contributed by atoms with Gasteiger partial charge in [-0.15, -0.1) is 0 Å². The van der Waals surface area contributed by atoms with Crippen LogP contribution in [0.15, 0.2) is 59.1 Å². The van der Waals surface area contributed by atoms with Crippen LogP contribution >= 0.6 is 0 Å². The molecule has 7 nitrogen and oxygen atoms in total. The minimum absolute atomic E-state index is 0. The summed E-state index contributed by atoms with van der Waals surface area (Å²) in [6, 6.07) is 18.0. The van der Waals surface area contributed by atoms with Gasteiger partial charge in [0.2, 0.25) is 0 Å². The van der Waals surface area contributed by atoms with Crippen molar-refractivity contribution >= 4 is 17.7 Å². The van der Waals surface area contributed by atoms with E-state index in [1.54, 1.807) is 6.07 Å². The Bertz CT molecular complexity index is 1240. The number of amides is 1. The minimum atomic E-state index is -0.394. The van der Waals surface area contributed by atoms with Crippen LogP contribution in [0.1, 0.15) is 42.6 Å². The summed E-state index contributed by atoms with van der Waals surface area (Å²) in [5, 5.41) is 6.81. The van der Waals surface area contributed by atoms with Crippen molar-refractivity contribution in [3.05, 3.63) is 71.5 Å². The third-order valence-electron chi connectivity index (χ3n) is 8.03. The van der Waals surface area contributed by atoms with E-state index in [1.165, 1.54) is 0 Å². The molecule has 0 spiro atoms. The maximum atomic E-state index is 13.6. The second-order valence-electron chi connectivity index (χ2n) is 10.1. The summed E-state index contributed by atoms with van der Waals surface area (Å²) in [5.41, 5.74) is 4.25. The smallest absolute Gasteiger partial charge is 0.318 e. The third kappa shape index (κ3) is 4.37. The van der Waals surface area contributed by atoms with E-state index in [4.69, 9.17) is 9.26 Å². The molecule has 1 aliphatic carbocycles. The lowest BCUT2D eigenvalue weighted by molar-refractivity contribution is -0.938. The van der Waals surface area contributed by atoms with Crippen LogP contribution in [-0.4, -0.2) is 53.8 Å². The van der Waals surface area contributed by atoms with Crippen molar-refractivity contribution in [3.63, 3.8) is 0 Å². The van der Waals surface area contributed by atoms with E-state index in [0.29, 0.717) is 29.3 Å². The fourth-order valence-electron chi connectivity index (χ4n) is 6.23. The van der Waals surface area contributed by atoms with Crippen molar-refractivity contribution in [1.29, 1.82) is 0 Å². The Morgan fingerprint density at radius 1 is 1.06 bits per heavy atom. The van der Waals surface area contributed by atoms with E-state index >= 15 is 0 Å². The summed E-state index contributed by atoms with van der Waals surface area (Å²) in [6.45, 7) is 4.87. The number of esters is 1. The molecule has 188 valence electrons. The van der Waals surface area contributed by atoms with Gasteiger partial charge in [0.15, 0.2) is 18.5 Å². The SMILES string of the molecule is CCc1cc(NC(=O)C[N+]23CCC(CC2)C(OC(=O)C2c4ccccc4-c4ccccc42)C3)no1.[Br-]. The molecule has 36 heavy (non-hydrogen) atoms. The molecule has 2 bridgehead atoms. The zero-order valence-electron chi connectivity index (χ0n) is 20.3. The highest BCUT2D eigenvalue weighted by atomic mass is 79.9. The lowest BCUT2D eigenvalue weighted by atomic mass is 9.83. The van der Waals surface area contributed by atoms with Crippen molar-refractivity contribution in [2.24, 2.45) is 5.92 Å². The summed E-state index contributed by atoms with van der Waals surface area (Å²) in [4.78, 5) is 26.4. The number of hydrogen-bond donors (Lipinski definition) is 1. The molecule has 3 saturated heterocycles. The molecule has 4 heterocycles. The molecule has 1 aromatic heterocycles. The third-order valence-corrected chi connectivity index (χ3v) is 8.03. The summed E-state index contributed by atoms with van der Waals surface area (Å²) in [7, 11) is 0. The van der Waals surface area contributed by atoms with Crippen molar-refractivity contribution in [2.75, 3.05) is 31.5 Å². The molecule has 3 fully saturated rings. The summed E-state index contributed by atoms with van der Waals surface area (Å²) >= 11 is 0. The van der Waals surface area contributed by atoms with Gasteiger partial charge in [0, 0.05) is 31.2 Å². The first kappa shape index (κ1) is 24.7. The number of nitrogens with zero attached hydrogens (tertiary/aromatic N) is 2. The first-order chi connectivity index (χ1) is 17.0. The van der Waals surface area contributed by atoms with Gasteiger partial charge in [0.1, 0.15) is 18.2 Å². The number of benzene rings is 2. The fraction of sp³-hybridized carbons (Fsp3) is 0.393. The second-order valence-corrected chi connectivity index (χ2v) is 10.1. The number of aromatic nitrogens is 1. The molecule has 0 saturated carbocycles. The zero-order chi connectivity index (χ0) is 24.0. The van der Waals surface area contributed by atoms with Crippen LogP contribution in [0.5, 0.6) is 0 Å². The monoisotopic (exact) mass is 551 g/mol. The number of piperidine rings is 3. The van der Waals surface area contributed by atoms with Crippen LogP contribution in [0.3, 0.4) is 0 Å². The van der Waals surface area contributed by atoms with Gasteiger partial charge in [-0.2, -0.15) is 0 Å². The number of carbonyl (C=O) groups is 2. The minimum Gasteiger partial charge on any atom is -1.00 e. The van der Waals surface area contributed by atoms with Crippen LogP contribution in [0.25, 0.3) is 11.1 Å². The number of aryl methyl sites for hydroxylation is 1. The van der Waals surface area contributed by atoms with Crippen molar-refractivity contribution < 1.29 is 40.3 Å². The molecule has 1 N–H and O–H groups in total.